The van der Waals surface area contributed by atoms with Crippen molar-refractivity contribution in [1.29, 1.82) is 0 Å². The number of benzene rings is 2. The number of rotatable bonds is 4. The maximum Gasteiger partial charge on any atom is 0.252 e. The van der Waals surface area contributed by atoms with Crippen molar-refractivity contribution in [3.8, 4) is 11.8 Å². The second kappa shape index (κ2) is 7.47. The predicted octanol–water partition coefficient (Wildman–Crippen LogP) is 2.82. The van der Waals surface area contributed by atoms with E-state index < -0.39 is 0 Å². The van der Waals surface area contributed by atoms with Crippen molar-refractivity contribution in [2.45, 2.75) is 12.8 Å². The molecule has 0 aromatic heterocycles. The van der Waals surface area contributed by atoms with Gasteiger partial charge in [0.25, 0.3) is 5.91 Å². The highest BCUT2D eigenvalue weighted by atomic mass is 16.2. The van der Waals surface area contributed by atoms with E-state index in [9.17, 15) is 9.59 Å². The van der Waals surface area contributed by atoms with Gasteiger partial charge in [0.05, 0.1) is 6.54 Å². The molecule has 1 fully saturated rings. The maximum absolute atomic E-state index is 12.0. The molecule has 1 aliphatic rings. The summed E-state index contributed by atoms with van der Waals surface area (Å²) in [5, 5.41) is 5.61. The minimum absolute atomic E-state index is 0.0587. The van der Waals surface area contributed by atoms with Gasteiger partial charge >= 0.3 is 0 Å². The average molecular weight is 318 g/mol. The van der Waals surface area contributed by atoms with Crippen LogP contribution >= 0.6 is 0 Å². The normalized spacial score (nSPS) is 12.7. The Morgan fingerprint density at radius 3 is 2.38 bits per heavy atom. The molecule has 0 radical (unpaired) electrons. The summed E-state index contributed by atoms with van der Waals surface area (Å²) < 4.78 is 0. The van der Waals surface area contributed by atoms with E-state index in [2.05, 4.69) is 22.5 Å². The highest BCUT2D eigenvalue weighted by Crippen LogP contribution is 2.30. The monoisotopic (exact) mass is 318 g/mol. The highest BCUT2D eigenvalue weighted by Gasteiger charge is 2.29. The molecule has 24 heavy (non-hydrogen) atoms. The minimum atomic E-state index is -0.183. The first-order valence-corrected chi connectivity index (χ1v) is 7.95. The van der Waals surface area contributed by atoms with Crippen LogP contribution in [0.1, 0.15) is 28.8 Å². The number of carbonyl (C=O) groups is 2. The van der Waals surface area contributed by atoms with Crippen molar-refractivity contribution in [3.05, 3.63) is 65.7 Å². The molecule has 4 nitrogen and oxygen atoms in total. The van der Waals surface area contributed by atoms with Crippen molar-refractivity contribution >= 4 is 17.5 Å². The molecule has 120 valence electrons. The molecule has 0 saturated heterocycles. The van der Waals surface area contributed by atoms with Gasteiger partial charge in [0.15, 0.2) is 0 Å². The topological polar surface area (TPSA) is 58.2 Å². The molecule has 1 saturated carbocycles. The summed E-state index contributed by atoms with van der Waals surface area (Å²) >= 11 is 0. The summed E-state index contributed by atoms with van der Waals surface area (Å²) in [4.78, 5) is 23.7. The van der Waals surface area contributed by atoms with Gasteiger partial charge in [-0.05, 0) is 49.2 Å². The van der Waals surface area contributed by atoms with Crippen LogP contribution in [0.2, 0.25) is 0 Å². The molecule has 0 atom stereocenters. The van der Waals surface area contributed by atoms with Gasteiger partial charge in [0.1, 0.15) is 0 Å². The summed E-state index contributed by atoms with van der Waals surface area (Å²) in [7, 11) is 0. The molecule has 2 aromatic carbocycles. The summed E-state index contributed by atoms with van der Waals surface area (Å²) in [6.45, 7) is 0.286. The molecule has 4 heteroatoms. The quantitative estimate of drug-likeness (QED) is 0.852. The Hall–Kier alpha value is -3.06. The van der Waals surface area contributed by atoms with Crippen LogP contribution in [-0.2, 0) is 4.79 Å². The number of hydrogen-bond donors (Lipinski definition) is 2. The lowest BCUT2D eigenvalue weighted by Gasteiger charge is -2.05. The second-order valence-electron chi connectivity index (χ2n) is 5.69. The fourth-order valence-electron chi connectivity index (χ4n) is 2.19. The molecule has 2 amide bonds. The van der Waals surface area contributed by atoms with Crippen LogP contribution < -0.4 is 10.6 Å². The summed E-state index contributed by atoms with van der Waals surface area (Å²) in [6.07, 6.45) is 1.94. The van der Waals surface area contributed by atoms with Crippen LogP contribution in [0.15, 0.2) is 54.6 Å². The van der Waals surface area contributed by atoms with Crippen LogP contribution in [0.3, 0.4) is 0 Å². The maximum atomic E-state index is 12.0. The van der Waals surface area contributed by atoms with Gasteiger partial charge in [0, 0.05) is 22.7 Å². The summed E-state index contributed by atoms with van der Waals surface area (Å²) in [6, 6.07) is 16.5. The molecule has 2 aromatic rings. The van der Waals surface area contributed by atoms with Crippen LogP contribution in [0.5, 0.6) is 0 Å². The van der Waals surface area contributed by atoms with Gasteiger partial charge in [-0.2, -0.15) is 0 Å². The molecule has 0 aliphatic heterocycles. The minimum Gasteiger partial charge on any atom is -0.341 e. The van der Waals surface area contributed by atoms with Crippen molar-refractivity contribution in [2.24, 2.45) is 5.92 Å². The molecular weight excluding hydrogens is 300 g/mol. The molecule has 0 bridgehead atoms. The van der Waals surface area contributed by atoms with E-state index in [1.54, 1.807) is 24.3 Å². The van der Waals surface area contributed by atoms with E-state index in [0.717, 1.165) is 18.4 Å². The molecule has 2 N–H and O–H groups in total. The van der Waals surface area contributed by atoms with E-state index in [1.807, 2.05) is 30.3 Å². The number of anilines is 1. The third kappa shape index (κ3) is 4.47. The lowest BCUT2D eigenvalue weighted by Crippen LogP contribution is -2.23. The van der Waals surface area contributed by atoms with Crippen LogP contribution in [0.25, 0.3) is 0 Å². The van der Waals surface area contributed by atoms with Crippen LogP contribution in [0, 0.1) is 17.8 Å². The Bertz CT molecular complexity index is 782. The standard InChI is InChI=1S/C20H18N2O2/c23-19(21-14-4-7-15-5-2-1-3-6-15)16-10-12-18(13-11-16)22-20(24)17-8-9-17/h1-3,5-6,10-13,17H,8-9,14H2,(H,21,23)(H,22,24). The average Bonchev–Trinajstić information content (AvgIpc) is 3.45. The first-order valence-electron chi connectivity index (χ1n) is 7.95. The molecule has 0 spiro atoms. The number of carbonyl (C=O) groups excluding carboxylic acids is 2. The first kappa shape index (κ1) is 15.8. The van der Waals surface area contributed by atoms with Crippen molar-refractivity contribution < 1.29 is 9.59 Å². The fourth-order valence-corrected chi connectivity index (χ4v) is 2.19. The van der Waals surface area contributed by atoms with E-state index in [4.69, 9.17) is 0 Å². The third-order valence-corrected chi connectivity index (χ3v) is 3.71. The molecule has 1 aliphatic carbocycles. The molecule has 0 heterocycles. The smallest absolute Gasteiger partial charge is 0.252 e. The predicted molar refractivity (Wildman–Crippen MR) is 93.4 cm³/mol. The Labute approximate surface area is 141 Å². The lowest BCUT2D eigenvalue weighted by atomic mass is 10.2. The van der Waals surface area contributed by atoms with Gasteiger partial charge in [-0.15, -0.1) is 0 Å². The van der Waals surface area contributed by atoms with Gasteiger partial charge in [0.2, 0.25) is 5.91 Å². The van der Waals surface area contributed by atoms with Crippen molar-refractivity contribution in [2.75, 3.05) is 11.9 Å². The zero-order valence-electron chi connectivity index (χ0n) is 13.2. The largest absolute Gasteiger partial charge is 0.341 e. The summed E-state index contributed by atoms with van der Waals surface area (Å²) in [5.74, 6) is 5.95. The SMILES string of the molecule is O=C(NCC#Cc1ccccc1)c1ccc(NC(=O)C2CC2)cc1. The Kier molecular flexibility index (Phi) is 4.93. The van der Waals surface area contributed by atoms with Crippen molar-refractivity contribution in [1.82, 2.24) is 5.32 Å². The van der Waals surface area contributed by atoms with E-state index in [0.29, 0.717) is 11.3 Å². The van der Waals surface area contributed by atoms with Crippen LogP contribution in [-0.4, -0.2) is 18.4 Å². The lowest BCUT2D eigenvalue weighted by molar-refractivity contribution is -0.117. The van der Waals surface area contributed by atoms with Crippen molar-refractivity contribution in [3.63, 3.8) is 0 Å². The fraction of sp³-hybridized carbons (Fsp3) is 0.200. The molecular formula is C20H18N2O2. The number of amides is 2. The van der Waals surface area contributed by atoms with Gasteiger partial charge in [-0.25, -0.2) is 0 Å². The van der Waals surface area contributed by atoms with Gasteiger partial charge < -0.3 is 10.6 Å². The zero-order chi connectivity index (χ0) is 16.8. The number of nitrogens with one attached hydrogen (secondary N) is 2. The Morgan fingerprint density at radius 2 is 1.71 bits per heavy atom. The Balaban J connectivity index is 1.49. The van der Waals surface area contributed by atoms with E-state index in [1.165, 1.54) is 0 Å². The van der Waals surface area contributed by atoms with Gasteiger partial charge in [-0.3, -0.25) is 9.59 Å². The third-order valence-electron chi connectivity index (χ3n) is 3.71. The highest BCUT2D eigenvalue weighted by molar-refractivity contribution is 5.96. The first-order chi connectivity index (χ1) is 11.7. The Morgan fingerprint density at radius 1 is 1.00 bits per heavy atom. The number of hydrogen-bond acceptors (Lipinski definition) is 2. The van der Waals surface area contributed by atoms with E-state index >= 15 is 0 Å². The van der Waals surface area contributed by atoms with Gasteiger partial charge in [-0.1, -0.05) is 30.0 Å². The molecule has 3 rings (SSSR count). The zero-order valence-corrected chi connectivity index (χ0v) is 13.2. The molecule has 0 unspecified atom stereocenters. The summed E-state index contributed by atoms with van der Waals surface area (Å²) in [5.41, 5.74) is 2.18. The van der Waals surface area contributed by atoms with Crippen LogP contribution in [0.4, 0.5) is 5.69 Å². The second-order valence-corrected chi connectivity index (χ2v) is 5.69. The van der Waals surface area contributed by atoms with E-state index in [-0.39, 0.29) is 24.3 Å².